The lowest BCUT2D eigenvalue weighted by molar-refractivity contribution is -0.123. The van der Waals surface area contributed by atoms with E-state index in [4.69, 9.17) is 0 Å². The Labute approximate surface area is 160 Å². The van der Waals surface area contributed by atoms with Crippen LogP contribution in [-0.2, 0) is 11.3 Å². The molecule has 0 aliphatic carbocycles. The van der Waals surface area contributed by atoms with E-state index in [-0.39, 0.29) is 11.9 Å². The molecule has 4 nitrogen and oxygen atoms in total. The first-order chi connectivity index (χ1) is 12.6. The third-order valence-corrected chi connectivity index (χ3v) is 5.88. The highest BCUT2D eigenvalue weighted by atomic mass is 32.1. The van der Waals surface area contributed by atoms with E-state index in [0.29, 0.717) is 6.54 Å². The van der Waals surface area contributed by atoms with Crippen molar-refractivity contribution in [1.82, 2.24) is 15.1 Å². The van der Waals surface area contributed by atoms with Crippen LogP contribution in [0, 0.1) is 6.92 Å². The van der Waals surface area contributed by atoms with Gasteiger partial charge in [-0.15, -0.1) is 11.3 Å². The molecule has 0 bridgehead atoms. The van der Waals surface area contributed by atoms with Crippen LogP contribution < -0.4 is 5.32 Å². The Morgan fingerprint density at radius 3 is 2.42 bits per heavy atom. The molecule has 2 heterocycles. The van der Waals surface area contributed by atoms with Crippen molar-refractivity contribution in [3.63, 3.8) is 0 Å². The summed E-state index contributed by atoms with van der Waals surface area (Å²) in [6, 6.07) is 12.9. The highest BCUT2D eigenvalue weighted by Gasteiger charge is 2.20. The molecule has 1 N–H and O–H groups in total. The number of nitrogens with one attached hydrogen (secondary N) is 1. The zero-order chi connectivity index (χ0) is 18.4. The number of piperazine rings is 1. The van der Waals surface area contributed by atoms with Gasteiger partial charge in [-0.05, 0) is 30.4 Å². The number of aryl methyl sites for hydroxylation is 1. The van der Waals surface area contributed by atoms with Gasteiger partial charge in [0.1, 0.15) is 0 Å². The van der Waals surface area contributed by atoms with Gasteiger partial charge >= 0.3 is 0 Å². The van der Waals surface area contributed by atoms with Crippen LogP contribution in [0.25, 0.3) is 0 Å². The Morgan fingerprint density at radius 1 is 1.12 bits per heavy atom. The first-order valence-electron chi connectivity index (χ1n) is 9.47. The van der Waals surface area contributed by atoms with Crippen molar-refractivity contribution < 1.29 is 4.79 Å². The predicted octanol–water partition coefficient (Wildman–Crippen LogP) is 3.44. The summed E-state index contributed by atoms with van der Waals surface area (Å²) in [5.74, 6) is 0.129. The Bertz CT molecular complexity index is 676. The molecule has 0 radical (unpaired) electrons. The van der Waals surface area contributed by atoms with Crippen molar-refractivity contribution in [2.24, 2.45) is 0 Å². The number of nitrogens with zero attached hydrogens (tertiary/aromatic N) is 2. The molecule has 1 aromatic heterocycles. The van der Waals surface area contributed by atoms with Crippen molar-refractivity contribution >= 4 is 17.2 Å². The number of benzene rings is 1. The van der Waals surface area contributed by atoms with E-state index >= 15 is 0 Å². The number of amides is 1. The van der Waals surface area contributed by atoms with Gasteiger partial charge < -0.3 is 5.32 Å². The first kappa shape index (κ1) is 19.1. The largest absolute Gasteiger partial charge is 0.348 e. The average molecular weight is 372 g/mol. The van der Waals surface area contributed by atoms with Crippen molar-refractivity contribution in [3.8, 4) is 0 Å². The standard InChI is InChI=1S/C21H29N3OS/c1-3-20(18-8-6-17(2)7-9-18)22-21(25)16-24-12-10-23(11-13-24)15-19-5-4-14-26-19/h4-9,14,20H,3,10-13,15-16H2,1-2H3,(H,22,25). The SMILES string of the molecule is CCC(NC(=O)CN1CCN(Cc2cccs2)CC1)c1ccc(C)cc1. The molecule has 2 aromatic rings. The van der Waals surface area contributed by atoms with Crippen LogP contribution in [0.15, 0.2) is 41.8 Å². The summed E-state index contributed by atoms with van der Waals surface area (Å²) < 4.78 is 0. The van der Waals surface area contributed by atoms with E-state index in [2.05, 4.69) is 70.7 Å². The van der Waals surface area contributed by atoms with Crippen LogP contribution in [0.2, 0.25) is 0 Å². The molecule has 3 rings (SSSR count). The number of hydrogen-bond donors (Lipinski definition) is 1. The van der Waals surface area contributed by atoms with E-state index < -0.39 is 0 Å². The Balaban J connectivity index is 1.44. The molecular formula is C21H29N3OS. The van der Waals surface area contributed by atoms with Gasteiger partial charge in [0.15, 0.2) is 0 Å². The molecule has 26 heavy (non-hydrogen) atoms. The van der Waals surface area contributed by atoms with Gasteiger partial charge in [-0.3, -0.25) is 14.6 Å². The second-order valence-corrected chi connectivity index (χ2v) is 8.10. The molecule has 1 saturated heterocycles. The van der Waals surface area contributed by atoms with Crippen LogP contribution in [-0.4, -0.2) is 48.4 Å². The Hall–Kier alpha value is -1.69. The fraction of sp³-hybridized carbons (Fsp3) is 0.476. The summed E-state index contributed by atoms with van der Waals surface area (Å²) >= 11 is 1.82. The van der Waals surface area contributed by atoms with Crippen LogP contribution >= 0.6 is 11.3 Å². The van der Waals surface area contributed by atoms with Gasteiger partial charge in [-0.25, -0.2) is 0 Å². The lowest BCUT2D eigenvalue weighted by Gasteiger charge is -2.34. The maximum Gasteiger partial charge on any atom is 0.234 e. The predicted molar refractivity (Wildman–Crippen MR) is 108 cm³/mol. The van der Waals surface area contributed by atoms with Crippen molar-refractivity contribution in [1.29, 1.82) is 0 Å². The molecule has 1 amide bonds. The fourth-order valence-corrected chi connectivity index (χ4v) is 4.14. The van der Waals surface area contributed by atoms with Crippen LogP contribution in [0.3, 0.4) is 0 Å². The average Bonchev–Trinajstić information content (AvgIpc) is 3.15. The second-order valence-electron chi connectivity index (χ2n) is 7.07. The molecule has 5 heteroatoms. The Morgan fingerprint density at radius 2 is 1.81 bits per heavy atom. The molecule has 0 saturated carbocycles. The van der Waals surface area contributed by atoms with Gasteiger partial charge in [0.25, 0.3) is 0 Å². The second kappa shape index (κ2) is 9.31. The molecule has 1 fully saturated rings. The summed E-state index contributed by atoms with van der Waals surface area (Å²) in [6.45, 7) is 9.70. The summed E-state index contributed by atoms with van der Waals surface area (Å²) in [5, 5.41) is 5.34. The van der Waals surface area contributed by atoms with E-state index in [0.717, 1.165) is 39.1 Å². The van der Waals surface area contributed by atoms with Crippen LogP contribution in [0.1, 0.15) is 35.4 Å². The third-order valence-electron chi connectivity index (χ3n) is 5.01. The monoisotopic (exact) mass is 371 g/mol. The first-order valence-corrected chi connectivity index (χ1v) is 10.3. The minimum atomic E-state index is 0.100. The highest BCUT2D eigenvalue weighted by Crippen LogP contribution is 2.17. The zero-order valence-corrected chi connectivity index (χ0v) is 16.6. The molecule has 140 valence electrons. The van der Waals surface area contributed by atoms with Gasteiger partial charge in [0, 0.05) is 37.6 Å². The summed E-state index contributed by atoms with van der Waals surface area (Å²) in [6.07, 6.45) is 0.906. The molecule has 1 aliphatic rings. The van der Waals surface area contributed by atoms with Crippen molar-refractivity contribution in [2.45, 2.75) is 32.9 Å². The fourth-order valence-electron chi connectivity index (χ4n) is 3.39. The van der Waals surface area contributed by atoms with Gasteiger partial charge in [-0.2, -0.15) is 0 Å². The molecule has 1 unspecified atom stereocenters. The van der Waals surface area contributed by atoms with E-state index in [1.54, 1.807) is 0 Å². The molecular weight excluding hydrogens is 342 g/mol. The van der Waals surface area contributed by atoms with E-state index in [1.807, 2.05) is 11.3 Å². The third kappa shape index (κ3) is 5.40. The number of carbonyl (C=O) groups is 1. The molecule has 0 spiro atoms. The number of thiophene rings is 1. The molecule has 1 aliphatic heterocycles. The number of carbonyl (C=O) groups excluding carboxylic acids is 1. The lowest BCUT2D eigenvalue weighted by atomic mass is 10.0. The Kier molecular flexibility index (Phi) is 6.83. The van der Waals surface area contributed by atoms with Crippen LogP contribution in [0.4, 0.5) is 0 Å². The van der Waals surface area contributed by atoms with Crippen molar-refractivity contribution in [3.05, 3.63) is 57.8 Å². The summed E-state index contributed by atoms with van der Waals surface area (Å²) in [5.41, 5.74) is 2.43. The van der Waals surface area contributed by atoms with Crippen LogP contribution in [0.5, 0.6) is 0 Å². The highest BCUT2D eigenvalue weighted by molar-refractivity contribution is 7.09. The van der Waals surface area contributed by atoms with E-state index in [1.165, 1.54) is 16.0 Å². The van der Waals surface area contributed by atoms with Gasteiger partial charge in [0.2, 0.25) is 5.91 Å². The quantitative estimate of drug-likeness (QED) is 0.810. The number of hydrogen-bond acceptors (Lipinski definition) is 4. The summed E-state index contributed by atoms with van der Waals surface area (Å²) in [4.78, 5) is 18.7. The zero-order valence-electron chi connectivity index (χ0n) is 15.8. The maximum absolute atomic E-state index is 12.5. The molecule has 1 atom stereocenters. The topological polar surface area (TPSA) is 35.6 Å². The van der Waals surface area contributed by atoms with E-state index in [9.17, 15) is 4.79 Å². The maximum atomic E-state index is 12.5. The summed E-state index contributed by atoms with van der Waals surface area (Å²) in [7, 11) is 0. The van der Waals surface area contributed by atoms with Crippen molar-refractivity contribution in [2.75, 3.05) is 32.7 Å². The van der Waals surface area contributed by atoms with Gasteiger partial charge in [0.05, 0.1) is 12.6 Å². The smallest absolute Gasteiger partial charge is 0.234 e. The lowest BCUT2D eigenvalue weighted by Crippen LogP contribution is -2.49. The molecule has 1 aromatic carbocycles. The normalized spacial score (nSPS) is 17.2. The minimum absolute atomic E-state index is 0.100. The van der Waals surface area contributed by atoms with Gasteiger partial charge in [-0.1, -0.05) is 42.8 Å². The minimum Gasteiger partial charge on any atom is -0.348 e. The number of rotatable bonds is 7.